The van der Waals surface area contributed by atoms with Crippen molar-refractivity contribution in [2.24, 2.45) is 28.6 Å². The summed E-state index contributed by atoms with van der Waals surface area (Å²) >= 11 is 0. The van der Waals surface area contributed by atoms with Crippen molar-refractivity contribution in [2.75, 3.05) is 6.61 Å². The molecule has 2 saturated heterocycles. The number of aliphatic hydroxyl groups excluding tert-OH is 1. The highest BCUT2D eigenvalue weighted by Crippen LogP contribution is 2.71. The molecule has 0 aromatic carbocycles. The van der Waals surface area contributed by atoms with Crippen LogP contribution >= 0.6 is 0 Å². The molecule has 0 aromatic heterocycles. The van der Waals surface area contributed by atoms with E-state index in [1.165, 1.54) is 6.08 Å². The Labute approximate surface area is 227 Å². The highest BCUT2D eigenvalue weighted by atomic mass is 16.8. The smallest absolute Gasteiger partial charge is 0.331 e. The highest BCUT2D eigenvalue weighted by molar-refractivity contribution is 5.86. The zero-order valence-corrected chi connectivity index (χ0v) is 22.6. The Hall–Kier alpha value is -1.40. The molecule has 6 fully saturated rings. The van der Waals surface area contributed by atoms with Gasteiger partial charge in [0.25, 0.3) is 0 Å². The first kappa shape index (κ1) is 26.5. The molecule has 13 atom stereocenters. The van der Waals surface area contributed by atoms with Gasteiger partial charge in [-0.25, -0.2) is 4.79 Å². The van der Waals surface area contributed by atoms with E-state index >= 15 is 0 Å². The lowest BCUT2D eigenvalue weighted by molar-refractivity contribution is -0.457. The van der Waals surface area contributed by atoms with E-state index in [1.54, 1.807) is 0 Å². The molecule has 216 valence electrons. The van der Waals surface area contributed by atoms with Crippen molar-refractivity contribution in [1.82, 2.24) is 0 Å². The van der Waals surface area contributed by atoms with E-state index in [9.17, 15) is 30.0 Å². The molecule has 0 spiro atoms. The fraction of sp³-hybridized carbons (Fsp3) is 0.862. The van der Waals surface area contributed by atoms with Gasteiger partial charge < -0.3 is 44.2 Å². The summed E-state index contributed by atoms with van der Waals surface area (Å²) in [5.41, 5.74) is -3.71. The van der Waals surface area contributed by atoms with Crippen molar-refractivity contribution in [2.45, 2.75) is 119 Å². The van der Waals surface area contributed by atoms with E-state index in [0.29, 0.717) is 44.1 Å². The number of esters is 1. The van der Waals surface area contributed by atoms with Crippen LogP contribution in [0.3, 0.4) is 0 Å². The second-order valence-electron chi connectivity index (χ2n) is 13.7. The van der Waals surface area contributed by atoms with Crippen LogP contribution in [0.2, 0.25) is 0 Å². The Morgan fingerprint density at radius 3 is 2.51 bits per heavy atom. The summed E-state index contributed by atoms with van der Waals surface area (Å²) in [6, 6.07) is 0. The third-order valence-electron chi connectivity index (χ3n) is 12.3. The van der Waals surface area contributed by atoms with Crippen LogP contribution in [-0.2, 0) is 28.5 Å². The van der Waals surface area contributed by atoms with E-state index < -0.39 is 52.3 Å². The molecule has 0 unspecified atom stereocenters. The van der Waals surface area contributed by atoms with E-state index in [-0.39, 0.29) is 43.0 Å². The standard InChI is InChI=1S/C29H40O10/c1-15-9-22(31)29(35)24(37-15)38-20-10-16-3-4-19-18(26(16,14-30)12-21(20)39-29)5-6-25(2)27(33,7-8-28(19,25)34)17-11-23(32)36-13-17/h11,14-16,18-22,24,31,33-35H,3-10,12-13H2,1-2H3/t15-,16-,18+,19-,20-,21-,22-,24+,25-,26-,27+,28+,29+/m1/s1. The molecular weight excluding hydrogens is 508 g/mol. The van der Waals surface area contributed by atoms with Gasteiger partial charge in [-0.1, -0.05) is 6.92 Å². The third-order valence-corrected chi connectivity index (χ3v) is 12.3. The molecule has 0 aromatic rings. The van der Waals surface area contributed by atoms with Crippen molar-refractivity contribution >= 4 is 12.3 Å². The van der Waals surface area contributed by atoms with Gasteiger partial charge in [0.1, 0.15) is 19.0 Å². The third kappa shape index (κ3) is 3.22. The number of rotatable bonds is 2. The number of hydrogen-bond acceptors (Lipinski definition) is 10. The molecule has 10 heteroatoms. The first-order valence-electron chi connectivity index (χ1n) is 14.6. The lowest BCUT2D eigenvalue weighted by Gasteiger charge is -2.65. The van der Waals surface area contributed by atoms with Gasteiger partial charge in [0, 0.05) is 28.9 Å². The molecule has 0 amide bonds. The van der Waals surface area contributed by atoms with Crippen LogP contribution in [0.15, 0.2) is 11.6 Å². The summed E-state index contributed by atoms with van der Waals surface area (Å²) in [4.78, 5) is 25.0. The molecule has 3 heterocycles. The van der Waals surface area contributed by atoms with Gasteiger partial charge in [-0.15, -0.1) is 0 Å². The average Bonchev–Trinajstić information content (AvgIpc) is 3.42. The molecule has 7 rings (SSSR count). The zero-order chi connectivity index (χ0) is 27.6. The molecule has 7 aliphatic rings. The van der Waals surface area contributed by atoms with Crippen molar-refractivity contribution in [3.63, 3.8) is 0 Å². The van der Waals surface area contributed by atoms with Crippen molar-refractivity contribution in [3.05, 3.63) is 11.6 Å². The molecule has 4 N–H and O–H groups in total. The summed E-state index contributed by atoms with van der Waals surface area (Å²) in [6.45, 7) is 3.78. The van der Waals surface area contributed by atoms with Crippen LogP contribution in [0.25, 0.3) is 0 Å². The Bertz CT molecular complexity index is 1110. The molecule has 0 bridgehead atoms. The minimum absolute atomic E-state index is 0.0232. The normalized spacial score (nSPS) is 58.2. The second-order valence-corrected chi connectivity index (χ2v) is 13.7. The van der Waals surface area contributed by atoms with Gasteiger partial charge >= 0.3 is 5.97 Å². The fourth-order valence-corrected chi connectivity index (χ4v) is 10.2. The number of hydrogen-bond donors (Lipinski definition) is 4. The number of aldehydes is 1. The lowest BCUT2D eigenvalue weighted by Crippen LogP contribution is -2.71. The van der Waals surface area contributed by atoms with Crippen LogP contribution in [0.1, 0.15) is 71.6 Å². The molecule has 10 nitrogen and oxygen atoms in total. The van der Waals surface area contributed by atoms with Crippen LogP contribution in [-0.4, -0.2) is 87.0 Å². The molecule has 3 aliphatic heterocycles. The summed E-state index contributed by atoms with van der Waals surface area (Å²) in [5.74, 6) is -2.79. The number of fused-ring (bicyclic) bond motifs is 7. The largest absolute Gasteiger partial charge is 0.458 e. The summed E-state index contributed by atoms with van der Waals surface area (Å²) < 4.78 is 23.3. The predicted octanol–water partition coefficient (Wildman–Crippen LogP) is 1.12. The molecule has 0 radical (unpaired) electrons. The van der Waals surface area contributed by atoms with Gasteiger partial charge in [0.2, 0.25) is 12.1 Å². The maximum atomic E-state index is 13.1. The number of carbonyl (C=O) groups excluding carboxylic acids is 2. The fourth-order valence-electron chi connectivity index (χ4n) is 10.2. The molecule has 4 aliphatic carbocycles. The summed E-state index contributed by atoms with van der Waals surface area (Å²) in [5, 5.41) is 46.4. The van der Waals surface area contributed by atoms with Crippen LogP contribution in [0, 0.1) is 28.6 Å². The quantitative estimate of drug-likeness (QED) is 0.224. The minimum Gasteiger partial charge on any atom is -0.458 e. The molecular formula is C29H40O10. The van der Waals surface area contributed by atoms with Gasteiger partial charge in [-0.2, -0.15) is 0 Å². The van der Waals surface area contributed by atoms with Gasteiger partial charge in [0.15, 0.2) is 0 Å². The van der Waals surface area contributed by atoms with Gasteiger partial charge in [-0.3, -0.25) is 0 Å². The van der Waals surface area contributed by atoms with Crippen LogP contribution < -0.4 is 0 Å². The number of cyclic esters (lactones) is 1. The summed E-state index contributed by atoms with van der Waals surface area (Å²) in [7, 11) is 0. The first-order chi connectivity index (χ1) is 18.4. The highest BCUT2D eigenvalue weighted by Gasteiger charge is 2.74. The van der Waals surface area contributed by atoms with Crippen molar-refractivity contribution in [3.8, 4) is 0 Å². The predicted molar refractivity (Wildman–Crippen MR) is 133 cm³/mol. The van der Waals surface area contributed by atoms with E-state index in [0.717, 1.165) is 19.1 Å². The van der Waals surface area contributed by atoms with Crippen molar-refractivity contribution in [1.29, 1.82) is 0 Å². The van der Waals surface area contributed by atoms with E-state index in [2.05, 4.69) is 0 Å². The van der Waals surface area contributed by atoms with Gasteiger partial charge in [-0.05, 0) is 76.0 Å². The van der Waals surface area contributed by atoms with Gasteiger partial charge in [0.05, 0.1) is 29.5 Å². The van der Waals surface area contributed by atoms with E-state index in [1.807, 2.05) is 13.8 Å². The first-order valence-corrected chi connectivity index (χ1v) is 14.6. The topological polar surface area (TPSA) is 152 Å². The average molecular weight is 549 g/mol. The van der Waals surface area contributed by atoms with Crippen LogP contribution in [0.4, 0.5) is 0 Å². The number of carbonyl (C=O) groups is 2. The van der Waals surface area contributed by atoms with Crippen LogP contribution in [0.5, 0.6) is 0 Å². The number of ether oxygens (including phenoxy) is 4. The Morgan fingerprint density at radius 1 is 1.00 bits per heavy atom. The van der Waals surface area contributed by atoms with E-state index in [4.69, 9.17) is 18.9 Å². The summed E-state index contributed by atoms with van der Waals surface area (Å²) in [6.07, 6.45) is 3.29. The second kappa shape index (κ2) is 8.33. The molecule has 4 saturated carbocycles. The SMILES string of the molecule is C[C@@H]1C[C@@H](O)[C@]2(O)O[C@@H]3C[C@@]4(C=O)[C@H](CC[C@@H]5[C@@H]4CC[C@]4(C)[C@@](O)(C6=CC(=O)OC6)CC[C@]54O)C[C@H]3O[C@@H]2O1. The Balaban J connectivity index is 1.20. The molecule has 39 heavy (non-hydrogen) atoms. The minimum atomic E-state index is -2.00. The number of aliphatic hydroxyl groups is 4. The Morgan fingerprint density at radius 2 is 1.79 bits per heavy atom. The maximum absolute atomic E-state index is 13.1. The lowest BCUT2D eigenvalue weighted by atomic mass is 9.42. The zero-order valence-electron chi connectivity index (χ0n) is 22.6. The monoisotopic (exact) mass is 548 g/mol. The Kier molecular flexibility index (Phi) is 5.66. The van der Waals surface area contributed by atoms with Crippen molar-refractivity contribution < 1.29 is 49.0 Å². The maximum Gasteiger partial charge on any atom is 0.331 e.